The van der Waals surface area contributed by atoms with E-state index in [1.807, 2.05) is 0 Å². The maximum absolute atomic E-state index is 12.0. The number of pyridine rings is 1. The van der Waals surface area contributed by atoms with Gasteiger partial charge in [-0.05, 0) is 18.2 Å². The first-order valence-electron chi connectivity index (χ1n) is 6.56. The van der Waals surface area contributed by atoms with Crippen LogP contribution in [0.15, 0.2) is 59.0 Å². The minimum absolute atomic E-state index is 0.180. The first-order valence-corrected chi connectivity index (χ1v) is 6.56. The molecule has 6 nitrogen and oxygen atoms in total. The van der Waals surface area contributed by atoms with Gasteiger partial charge in [0.05, 0.1) is 5.52 Å². The summed E-state index contributed by atoms with van der Waals surface area (Å²) in [5, 5.41) is 13.1. The minimum atomic E-state index is -0.651. The summed E-state index contributed by atoms with van der Waals surface area (Å²) in [7, 11) is 0. The van der Waals surface area contributed by atoms with Crippen LogP contribution in [0.2, 0.25) is 0 Å². The number of aromatic hydroxyl groups is 1. The first-order chi connectivity index (χ1) is 10.6. The number of aromatic nitrogens is 1. The number of nitrogens with zero attached hydrogens (tertiary/aromatic N) is 1. The van der Waals surface area contributed by atoms with Gasteiger partial charge in [-0.25, -0.2) is 0 Å². The molecule has 2 rings (SSSR count). The molecule has 0 saturated heterocycles. The zero-order valence-electron chi connectivity index (χ0n) is 11.7. The second-order valence-corrected chi connectivity index (χ2v) is 4.35. The number of hydrogen-bond acceptors (Lipinski definition) is 4. The smallest absolute Gasteiger partial charge is 0.265 e. The Bertz CT molecular complexity index is 819. The highest BCUT2D eigenvalue weighted by Crippen LogP contribution is 2.24. The summed E-state index contributed by atoms with van der Waals surface area (Å²) in [6.45, 7) is 3.65. The Balaban J connectivity index is 2.21. The molecule has 112 valence electrons. The Morgan fingerprint density at radius 3 is 2.95 bits per heavy atom. The first kappa shape index (κ1) is 15.2. The van der Waals surface area contributed by atoms with Crippen LogP contribution in [0.25, 0.3) is 10.9 Å². The van der Waals surface area contributed by atoms with Crippen molar-refractivity contribution in [3.63, 3.8) is 0 Å². The molecule has 0 bridgehead atoms. The van der Waals surface area contributed by atoms with Gasteiger partial charge in [-0.1, -0.05) is 24.8 Å². The molecule has 0 spiro atoms. The molecule has 1 heterocycles. The molecular formula is C16H15N3O3. The van der Waals surface area contributed by atoms with E-state index in [-0.39, 0.29) is 17.9 Å². The van der Waals surface area contributed by atoms with E-state index in [9.17, 15) is 14.7 Å². The molecule has 6 heteroatoms. The summed E-state index contributed by atoms with van der Waals surface area (Å²) in [4.78, 5) is 30.4. The molecule has 0 aliphatic rings. The quantitative estimate of drug-likeness (QED) is 0.734. The summed E-state index contributed by atoms with van der Waals surface area (Å²) in [5.74, 6) is -0.979. The van der Waals surface area contributed by atoms with Gasteiger partial charge >= 0.3 is 0 Å². The second-order valence-electron chi connectivity index (χ2n) is 4.35. The average molecular weight is 297 g/mol. The highest BCUT2D eigenvalue weighted by molar-refractivity contribution is 6.02. The standard InChI is InChI=1S/C16H15N3O3/c1-2-8-17-9-5-10-18-15(21)13-14(20)11-6-3-4-7-12(11)19-16(13)22/h2-9H,1,10H2,(H,18,21)(H2,19,20,22)/b9-5-,17-8?. The zero-order valence-corrected chi connectivity index (χ0v) is 11.7. The molecule has 22 heavy (non-hydrogen) atoms. The third-order valence-electron chi connectivity index (χ3n) is 2.88. The van der Waals surface area contributed by atoms with E-state index in [0.29, 0.717) is 10.9 Å². The number of amides is 1. The lowest BCUT2D eigenvalue weighted by atomic mass is 10.1. The van der Waals surface area contributed by atoms with Crippen LogP contribution in [0.4, 0.5) is 0 Å². The Labute approximate surface area is 126 Å². The molecule has 1 aromatic heterocycles. The third-order valence-corrected chi connectivity index (χ3v) is 2.88. The molecular weight excluding hydrogens is 282 g/mol. The fraction of sp³-hybridized carbons (Fsp3) is 0.0625. The normalized spacial score (nSPS) is 11.3. The van der Waals surface area contributed by atoms with Gasteiger partial charge in [-0.15, -0.1) is 0 Å². The zero-order chi connectivity index (χ0) is 15.9. The van der Waals surface area contributed by atoms with E-state index >= 15 is 0 Å². The maximum atomic E-state index is 12.0. The lowest BCUT2D eigenvalue weighted by Gasteiger charge is -2.07. The fourth-order valence-electron chi connectivity index (χ4n) is 1.90. The Morgan fingerprint density at radius 1 is 1.41 bits per heavy atom. The predicted molar refractivity (Wildman–Crippen MR) is 86.4 cm³/mol. The van der Waals surface area contributed by atoms with Crippen molar-refractivity contribution in [1.29, 1.82) is 0 Å². The molecule has 0 fully saturated rings. The van der Waals surface area contributed by atoms with E-state index in [1.54, 1.807) is 30.3 Å². The number of benzene rings is 1. The molecule has 2 aromatic rings. The van der Waals surface area contributed by atoms with Crippen molar-refractivity contribution < 1.29 is 9.90 Å². The molecule has 1 amide bonds. The van der Waals surface area contributed by atoms with Gasteiger partial charge in [0.25, 0.3) is 11.5 Å². The average Bonchev–Trinajstić information content (AvgIpc) is 2.51. The summed E-state index contributed by atoms with van der Waals surface area (Å²) in [6.07, 6.45) is 6.12. The molecule has 0 aliphatic heterocycles. The van der Waals surface area contributed by atoms with Crippen LogP contribution >= 0.6 is 0 Å². The van der Waals surface area contributed by atoms with E-state index < -0.39 is 11.5 Å². The lowest BCUT2D eigenvalue weighted by molar-refractivity contribution is 0.0954. The van der Waals surface area contributed by atoms with Crippen molar-refractivity contribution in [3.8, 4) is 5.75 Å². The van der Waals surface area contributed by atoms with Crippen molar-refractivity contribution in [2.24, 2.45) is 4.99 Å². The summed E-state index contributed by atoms with van der Waals surface area (Å²) < 4.78 is 0. The van der Waals surface area contributed by atoms with Crippen molar-refractivity contribution in [1.82, 2.24) is 10.3 Å². The highest BCUT2D eigenvalue weighted by atomic mass is 16.3. The summed E-state index contributed by atoms with van der Waals surface area (Å²) in [5.41, 5.74) is -0.468. The topological polar surface area (TPSA) is 94.5 Å². The SMILES string of the molecule is C=CC=N/C=C\CNC(=O)c1c(O)c2ccccc2[nH]c1=O. The van der Waals surface area contributed by atoms with Crippen LogP contribution in [0, 0.1) is 0 Å². The van der Waals surface area contributed by atoms with Crippen molar-refractivity contribution in [2.45, 2.75) is 0 Å². The second kappa shape index (κ2) is 7.03. The molecule has 0 aliphatic carbocycles. The van der Waals surface area contributed by atoms with Gasteiger partial charge < -0.3 is 15.4 Å². The number of allylic oxidation sites excluding steroid dienone is 1. The van der Waals surface area contributed by atoms with Gasteiger partial charge in [-0.3, -0.25) is 14.6 Å². The number of hydrogen-bond donors (Lipinski definition) is 3. The number of fused-ring (bicyclic) bond motifs is 1. The van der Waals surface area contributed by atoms with Crippen molar-refractivity contribution in [2.75, 3.05) is 6.54 Å². The maximum Gasteiger partial charge on any atom is 0.265 e. The van der Waals surface area contributed by atoms with Gasteiger partial charge in [0.2, 0.25) is 0 Å². The third kappa shape index (κ3) is 3.29. The number of carbonyl (C=O) groups is 1. The lowest BCUT2D eigenvalue weighted by Crippen LogP contribution is -2.29. The molecule has 3 N–H and O–H groups in total. The number of carbonyl (C=O) groups excluding carboxylic acids is 1. The van der Waals surface area contributed by atoms with Crippen LogP contribution < -0.4 is 10.9 Å². The largest absolute Gasteiger partial charge is 0.506 e. The van der Waals surface area contributed by atoms with E-state index in [1.165, 1.54) is 18.5 Å². The number of aromatic amines is 1. The fourth-order valence-corrected chi connectivity index (χ4v) is 1.90. The monoisotopic (exact) mass is 297 g/mol. The number of aliphatic imine (C=N–C) groups is 1. The van der Waals surface area contributed by atoms with Crippen LogP contribution in [0.3, 0.4) is 0 Å². The van der Waals surface area contributed by atoms with Gasteiger partial charge in [-0.2, -0.15) is 0 Å². The number of para-hydroxylation sites is 1. The predicted octanol–water partition coefficient (Wildman–Crippen LogP) is 1.73. The van der Waals surface area contributed by atoms with Crippen molar-refractivity contribution in [3.05, 3.63) is 65.1 Å². The van der Waals surface area contributed by atoms with E-state index in [4.69, 9.17) is 0 Å². The van der Waals surface area contributed by atoms with Gasteiger partial charge in [0, 0.05) is 24.3 Å². The Morgan fingerprint density at radius 2 is 2.18 bits per heavy atom. The molecule has 0 saturated carbocycles. The minimum Gasteiger partial charge on any atom is -0.506 e. The molecule has 1 aromatic carbocycles. The van der Waals surface area contributed by atoms with Crippen LogP contribution in [-0.2, 0) is 0 Å². The summed E-state index contributed by atoms with van der Waals surface area (Å²) in [6, 6.07) is 6.72. The Kier molecular flexibility index (Phi) is 4.87. The number of rotatable bonds is 5. The highest BCUT2D eigenvalue weighted by Gasteiger charge is 2.18. The van der Waals surface area contributed by atoms with Crippen LogP contribution in [-0.4, -0.2) is 28.8 Å². The molecule has 0 radical (unpaired) electrons. The molecule has 0 unspecified atom stereocenters. The van der Waals surface area contributed by atoms with Crippen LogP contribution in [0.5, 0.6) is 5.75 Å². The summed E-state index contributed by atoms with van der Waals surface area (Å²) >= 11 is 0. The Hall–Kier alpha value is -3.15. The van der Waals surface area contributed by atoms with Crippen molar-refractivity contribution >= 4 is 23.0 Å². The molecule has 0 atom stereocenters. The van der Waals surface area contributed by atoms with Gasteiger partial charge in [0.1, 0.15) is 11.3 Å². The van der Waals surface area contributed by atoms with E-state index in [0.717, 1.165) is 0 Å². The van der Waals surface area contributed by atoms with E-state index in [2.05, 4.69) is 21.9 Å². The number of H-pyrrole nitrogens is 1. The van der Waals surface area contributed by atoms with Crippen LogP contribution in [0.1, 0.15) is 10.4 Å². The van der Waals surface area contributed by atoms with Gasteiger partial charge in [0.15, 0.2) is 0 Å². The number of nitrogens with one attached hydrogen (secondary N) is 2.